The van der Waals surface area contributed by atoms with E-state index in [-0.39, 0.29) is 17.4 Å². The van der Waals surface area contributed by atoms with Crippen molar-refractivity contribution < 1.29 is 5.11 Å². The molecule has 0 aromatic carbocycles. The minimum atomic E-state index is -0.0948. The second-order valence-electron chi connectivity index (χ2n) is 7.23. The molecule has 0 atom stereocenters. The molecule has 0 saturated heterocycles. The second kappa shape index (κ2) is 7.07. The molecule has 21 heavy (non-hydrogen) atoms. The van der Waals surface area contributed by atoms with Crippen LogP contribution in [0.1, 0.15) is 53.8 Å². The summed E-state index contributed by atoms with van der Waals surface area (Å²) < 4.78 is 0. The van der Waals surface area contributed by atoms with E-state index in [1.165, 1.54) is 0 Å². The molecule has 1 heterocycles. The number of aromatic nitrogens is 2. The molecule has 0 bridgehead atoms. The van der Waals surface area contributed by atoms with Gasteiger partial charge in [0.05, 0.1) is 0 Å². The molecule has 0 radical (unpaired) electrons. The summed E-state index contributed by atoms with van der Waals surface area (Å²) in [7, 11) is 0. The maximum atomic E-state index is 9.10. The summed E-state index contributed by atoms with van der Waals surface area (Å²) in [5.74, 6) is 2.50. The topological polar surface area (TPSA) is 70.1 Å². The van der Waals surface area contributed by atoms with Crippen LogP contribution in [0.4, 0.5) is 11.6 Å². The monoisotopic (exact) mass is 294 g/mol. The molecule has 0 unspecified atom stereocenters. The zero-order valence-electron chi connectivity index (χ0n) is 14.2. The Morgan fingerprint density at radius 2 is 1.62 bits per heavy atom. The van der Waals surface area contributed by atoms with E-state index in [4.69, 9.17) is 5.11 Å². The van der Waals surface area contributed by atoms with Crippen LogP contribution >= 0.6 is 0 Å². The molecule has 0 aliphatic carbocycles. The van der Waals surface area contributed by atoms with E-state index in [0.717, 1.165) is 37.0 Å². The minimum Gasteiger partial charge on any atom is -0.396 e. The van der Waals surface area contributed by atoms with Crippen LogP contribution in [0.25, 0.3) is 0 Å². The van der Waals surface area contributed by atoms with Gasteiger partial charge < -0.3 is 15.7 Å². The van der Waals surface area contributed by atoms with Gasteiger partial charge in [0.1, 0.15) is 17.5 Å². The van der Waals surface area contributed by atoms with E-state index in [1.54, 1.807) is 0 Å². The Hall–Kier alpha value is -1.36. The zero-order chi connectivity index (χ0) is 16.1. The lowest BCUT2D eigenvalue weighted by atomic mass is 9.90. The van der Waals surface area contributed by atoms with E-state index in [0.29, 0.717) is 0 Å². The largest absolute Gasteiger partial charge is 0.396 e. The van der Waals surface area contributed by atoms with Crippen LogP contribution in [0.3, 0.4) is 0 Å². The molecule has 0 fully saturated rings. The number of nitrogens with one attached hydrogen (secondary N) is 2. The molecule has 0 saturated carbocycles. The van der Waals surface area contributed by atoms with Crippen molar-refractivity contribution in [1.82, 2.24) is 9.97 Å². The molecule has 1 aromatic heterocycles. The average Bonchev–Trinajstić information content (AvgIpc) is 2.36. The summed E-state index contributed by atoms with van der Waals surface area (Å²) in [5.41, 5.74) is -0.0670. The predicted molar refractivity (Wildman–Crippen MR) is 88.9 cm³/mol. The van der Waals surface area contributed by atoms with Gasteiger partial charge in [-0.15, -0.1) is 0 Å². The van der Waals surface area contributed by atoms with Gasteiger partial charge in [-0.2, -0.15) is 0 Å². The fourth-order valence-corrected chi connectivity index (χ4v) is 1.87. The predicted octanol–water partition coefficient (Wildman–Crippen LogP) is 3.03. The van der Waals surface area contributed by atoms with E-state index < -0.39 is 0 Å². The lowest BCUT2D eigenvalue weighted by molar-refractivity contribution is 0.220. The fraction of sp³-hybridized carbons (Fsp3) is 0.750. The summed E-state index contributed by atoms with van der Waals surface area (Å²) in [4.78, 5) is 9.20. The Balaban J connectivity index is 2.93. The van der Waals surface area contributed by atoms with Crippen molar-refractivity contribution in [3.63, 3.8) is 0 Å². The van der Waals surface area contributed by atoms with Gasteiger partial charge in [-0.05, 0) is 18.8 Å². The number of nitrogens with zero attached hydrogens (tertiary/aromatic N) is 2. The van der Waals surface area contributed by atoms with Crippen molar-refractivity contribution in [2.45, 2.75) is 53.4 Å². The lowest BCUT2D eigenvalue weighted by Crippen LogP contribution is -2.25. The first-order valence-corrected chi connectivity index (χ1v) is 7.66. The number of hydrogen-bond acceptors (Lipinski definition) is 5. The Bertz CT molecular complexity index is 452. The first-order valence-electron chi connectivity index (χ1n) is 7.66. The van der Waals surface area contributed by atoms with E-state index in [1.807, 2.05) is 6.07 Å². The molecule has 0 aliphatic rings. The Kier molecular flexibility index (Phi) is 5.96. The highest BCUT2D eigenvalue weighted by Gasteiger charge is 2.21. The van der Waals surface area contributed by atoms with Gasteiger partial charge in [-0.3, -0.25) is 0 Å². The van der Waals surface area contributed by atoms with Crippen molar-refractivity contribution in [1.29, 1.82) is 0 Å². The number of anilines is 2. The summed E-state index contributed by atoms with van der Waals surface area (Å²) in [6, 6.07) is 1.94. The van der Waals surface area contributed by atoms with Crippen molar-refractivity contribution in [2.24, 2.45) is 5.41 Å². The minimum absolute atomic E-state index is 0.0277. The Morgan fingerprint density at radius 1 is 1.05 bits per heavy atom. The zero-order valence-corrected chi connectivity index (χ0v) is 14.2. The van der Waals surface area contributed by atoms with Crippen LogP contribution in [-0.2, 0) is 5.41 Å². The molecule has 0 spiro atoms. The van der Waals surface area contributed by atoms with Crippen LogP contribution in [0, 0.1) is 5.41 Å². The van der Waals surface area contributed by atoms with Gasteiger partial charge in [0.25, 0.3) is 0 Å². The van der Waals surface area contributed by atoms with Crippen LogP contribution in [0.15, 0.2) is 6.07 Å². The van der Waals surface area contributed by atoms with Crippen LogP contribution in [-0.4, -0.2) is 34.8 Å². The highest BCUT2D eigenvalue weighted by atomic mass is 16.3. The fourth-order valence-electron chi connectivity index (χ4n) is 1.87. The van der Waals surface area contributed by atoms with Crippen molar-refractivity contribution in [3.8, 4) is 0 Å². The van der Waals surface area contributed by atoms with E-state index >= 15 is 0 Å². The highest BCUT2D eigenvalue weighted by Crippen LogP contribution is 2.24. The molecule has 1 aromatic rings. The van der Waals surface area contributed by atoms with Gasteiger partial charge in [-0.1, -0.05) is 34.6 Å². The molecular formula is C16H30N4O. The molecule has 0 aliphatic heterocycles. The molecule has 5 heteroatoms. The van der Waals surface area contributed by atoms with Crippen LogP contribution in [0.5, 0.6) is 0 Å². The first kappa shape index (κ1) is 17.7. The maximum absolute atomic E-state index is 9.10. The van der Waals surface area contributed by atoms with Crippen LogP contribution < -0.4 is 10.6 Å². The molecule has 120 valence electrons. The van der Waals surface area contributed by atoms with Crippen molar-refractivity contribution in [2.75, 3.05) is 30.3 Å². The second-order valence-corrected chi connectivity index (χ2v) is 7.23. The maximum Gasteiger partial charge on any atom is 0.138 e. The summed E-state index contributed by atoms with van der Waals surface area (Å²) in [5, 5.41) is 15.7. The molecular weight excluding hydrogens is 264 g/mol. The van der Waals surface area contributed by atoms with E-state index in [9.17, 15) is 0 Å². The van der Waals surface area contributed by atoms with Crippen molar-refractivity contribution >= 4 is 11.6 Å². The quantitative estimate of drug-likeness (QED) is 0.721. The van der Waals surface area contributed by atoms with Crippen LogP contribution in [0.2, 0.25) is 0 Å². The summed E-state index contributed by atoms with van der Waals surface area (Å²) >= 11 is 0. The van der Waals surface area contributed by atoms with Gasteiger partial charge in [0.15, 0.2) is 0 Å². The standard InChI is InChI=1S/C16H30N4O/c1-7-17-12-10-13(18-11-16(5,6)8-9-21)20-14(19-12)15(2,3)4/h10,21H,7-9,11H2,1-6H3,(H2,17,18,19,20). The molecule has 3 N–H and O–H groups in total. The number of aliphatic hydroxyl groups excluding tert-OH is 1. The van der Waals surface area contributed by atoms with Gasteiger partial charge in [-0.25, -0.2) is 9.97 Å². The Labute approximate surface area is 128 Å². The number of rotatable bonds is 7. The normalized spacial score (nSPS) is 12.3. The SMILES string of the molecule is CCNc1cc(NCC(C)(C)CCO)nc(C(C)(C)C)n1. The first-order chi connectivity index (χ1) is 9.68. The van der Waals surface area contributed by atoms with Gasteiger partial charge in [0, 0.05) is 31.2 Å². The Morgan fingerprint density at radius 3 is 2.10 bits per heavy atom. The average molecular weight is 294 g/mol. The smallest absolute Gasteiger partial charge is 0.138 e. The molecule has 0 amide bonds. The van der Waals surface area contributed by atoms with E-state index in [2.05, 4.69) is 62.1 Å². The molecule has 1 rings (SSSR count). The lowest BCUT2D eigenvalue weighted by Gasteiger charge is -2.25. The number of aliphatic hydroxyl groups is 1. The summed E-state index contributed by atoms with van der Waals surface area (Å²) in [6.45, 7) is 14.4. The number of hydrogen-bond donors (Lipinski definition) is 3. The highest BCUT2D eigenvalue weighted by molar-refractivity contribution is 5.48. The molecule has 5 nitrogen and oxygen atoms in total. The third kappa shape index (κ3) is 5.87. The third-order valence-corrected chi connectivity index (χ3v) is 3.29. The van der Waals surface area contributed by atoms with Gasteiger partial charge in [0.2, 0.25) is 0 Å². The third-order valence-electron chi connectivity index (χ3n) is 3.29. The summed E-state index contributed by atoms with van der Waals surface area (Å²) in [6.07, 6.45) is 0.761. The van der Waals surface area contributed by atoms with Gasteiger partial charge >= 0.3 is 0 Å². The van der Waals surface area contributed by atoms with Crippen molar-refractivity contribution in [3.05, 3.63) is 11.9 Å².